The van der Waals surface area contributed by atoms with E-state index in [0.717, 1.165) is 0 Å². The quantitative estimate of drug-likeness (QED) is 0.549. The molecule has 76 valence electrons. The fourth-order valence-electron chi connectivity index (χ4n) is 1.33. The van der Waals surface area contributed by atoms with Gasteiger partial charge >= 0.3 is 0 Å². The average molecular weight is 196 g/mol. The lowest BCUT2D eigenvalue weighted by Gasteiger charge is -2.26. The Morgan fingerprint density at radius 2 is 1.93 bits per heavy atom. The molecule has 0 spiro atoms. The lowest BCUT2D eigenvalue weighted by atomic mass is 10.2. The maximum absolute atomic E-state index is 8.90. The molecule has 1 atom stereocenters. The summed E-state index contributed by atoms with van der Waals surface area (Å²) in [4.78, 5) is 0. The van der Waals surface area contributed by atoms with Gasteiger partial charge in [0.2, 0.25) is 0 Å². The van der Waals surface area contributed by atoms with Crippen molar-refractivity contribution in [3.05, 3.63) is 12.1 Å². The minimum Gasteiger partial charge on any atom is -0.484 e. The lowest BCUT2D eigenvalue weighted by molar-refractivity contribution is 0.0469. The number of aliphatic hydroxyl groups is 1. The largest absolute Gasteiger partial charge is 0.484 e. The Morgan fingerprint density at radius 1 is 1.29 bits per heavy atom. The Morgan fingerprint density at radius 3 is 2.57 bits per heavy atom. The number of fused-ring (bicyclic) bond motifs is 1. The van der Waals surface area contributed by atoms with Crippen molar-refractivity contribution >= 4 is 11.4 Å². The van der Waals surface area contributed by atoms with Crippen LogP contribution in [0.25, 0.3) is 0 Å². The second-order valence-corrected chi connectivity index (χ2v) is 3.14. The van der Waals surface area contributed by atoms with E-state index >= 15 is 0 Å². The Kier molecular flexibility index (Phi) is 2.09. The van der Waals surface area contributed by atoms with Gasteiger partial charge in [-0.25, -0.2) is 0 Å². The van der Waals surface area contributed by atoms with E-state index in [1.807, 2.05) is 0 Å². The van der Waals surface area contributed by atoms with Gasteiger partial charge in [0, 0.05) is 0 Å². The van der Waals surface area contributed by atoms with E-state index < -0.39 is 0 Å². The first-order chi connectivity index (χ1) is 6.72. The molecule has 0 saturated carbocycles. The first-order valence-electron chi connectivity index (χ1n) is 4.30. The molecular weight excluding hydrogens is 184 g/mol. The van der Waals surface area contributed by atoms with E-state index in [1.54, 1.807) is 12.1 Å². The summed E-state index contributed by atoms with van der Waals surface area (Å²) in [5.74, 6) is 0.894. The Balaban J connectivity index is 2.40. The molecule has 0 aliphatic carbocycles. The third-order valence-corrected chi connectivity index (χ3v) is 2.07. The number of hydrogen-bond acceptors (Lipinski definition) is 5. The molecule has 14 heavy (non-hydrogen) atoms. The fraction of sp³-hybridized carbons (Fsp3) is 0.333. The van der Waals surface area contributed by atoms with Crippen LogP contribution in [0.5, 0.6) is 11.5 Å². The molecule has 1 aliphatic rings. The van der Waals surface area contributed by atoms with Gasteiger partial charge < -0.3 is 26.0 Å². The van der Waals surface area contributed by atoms with E-state index in [-0.39, 0.29) is 19.3 Å². The van der Waals surface area contributed by atoms with Crippen LogP contribution in [0.15, 0.2) is 12.1 Å². The van der Waals surface area contributed by atoms with Crippen molar-refractivity contribution in [1.29, 1.82) is 0 Å². The van der Waals surface area contributed by atoms with E-state index in [0.29, 0.717) is 22.9 Å². The van der Waals surface area contributed by atoms with E-state index in [2.05, 4.69) is 0 Å². The van der Waals surface area contributed by atoms with Gasteiger partial charge in [0.05, 0.1) is 18.0 Å². The minimum atomic E-state index is -0.369. The predicted octanol–water partition coefficient (Wildman–Crippen LogP) is -0.0169. The van der Waals surface area contributed by atoms with Gasteiger partial charge in [-0.2, -0.15) is 0 Å². The molecule has 0 amide bonds. The van der Waals surface area contributed by atoms with Crippen LogP contribution >= 0.6 is 0 Å². The number of nitrogen functional groups attached to an aromatic ring is 2. The second kappa shape index (κ2) is 3.26. The van der Waals surface area contributed by atoms with Crippen LogP contribution in [0.4, 0.5) is 11.4 Å². The van der Waals surface area contributed by atoms with Crippen LogP contribution in [0.2, 0.25) is 0 Å². The number of anilines is 2. The SMILES string of the molecule is Nc1ccc(N)c2c1OC[C@@H](CO)O2. The van der Waals surface area contributed by atoms with Crippen LogP contribution in [0, 0.1) is 0 Å². The summed E-state index contributed by atoms with van der Waals surface area (Å²) in [6, 6.07) is 3.31. The highest BCUT2D eigenvalue weighted by Gasteiger charge is 2.24. The summed E-state index contributed by atoms with van der Waals surface area (Å²) in [5, 5.41) is 8.90. The molecule has 1 aliphatic heterocycles. The Bertz CT molecular complexity index is 354. The van der Waals surface area contributed by atoms with Crippen molar-refractivity contribution in [2.75, 3.05) is 24.7 Å². The van der Waals surface area contributed by atoms with Crippen molar-refractivity contribution in [2.45, 2.75) is 6.10 Å². The zero-order valence-corrected chi connectivity index (χ0v) is 7.56. The normalized spacial score (nSPS) is 19.4. The highest BCUT2D eigenvalue weighted by molar-refractivity contribution is 5.71. The van der Waals surface area contributed by atoms with Gasteiger partial charge in [-0.15, -0.1) is 0 Å². The molecule has 1 aromatic carbocycles. The number of nitrogens with two attached hydrogens (primary N) is 2. The third kappa shape index (κ3) is 1.31. The van der Waals surface area contributed by atoms with Gasteiger partial charge in [-0.05, 0) is 12.1 Å². The van der Waals surface area contributed by atoms with Crippen molar-refractivity contribution in [2.24, 2.45) is 0 Å². The van der Waals surface area contributed by atoms with Crippen molar-refractivity contribution in [3.8, 4) is 11.5 Å². The van der Waals surface area contributed by atoms with Crippen LogP contribution in [0.3, 0.4) is 0 Å². The fourth-order valence-corrected chi connectivity index (χ4v) is 1.33. The van der Waals surface area contributed by atoms with Gasteiger partial charge in [0.1, 0.15) is 6.61 Å². The molecular formula is C9H12N2O3. The summed E-state index contributed by atoms with van der Waals surface area (Å²) in [7, 11) is 0. The zero-order chi connectivity index (χ0) is 10.1. The Hall–Kier alpha value is -1.62. The highest BCUT2D eigenvalue weighted by atomic mass is 16.6. The van der Waals surface area contributed by atoms with Crippen LogP contribution in [-0.4, -0.2) is 24.4 Å². The van der Waals surface area contributed by atoms with Crippen molar-refractivity contribution in [3.63, 3.8) is 0 Å². The maximum atomic E-state index is 8.90. The van der Waals surface area contributed by atoms with Gasteiger partial charge in [-0.3, -0.25) is 0 Å². The number of hydrogen-bond donors (Lipinski definition) is 3. The zero-order valence-electron chi connectivity index (χ0n) is 7.56. The first kappa shape index (κ1) is 8.96. The van der Waals surface area contributed by atoms with E-state index in [4.69, 9.17) is 26.0 Å². The van der Waals surface area contributed by atoms with Crippen LogP contribution in [0.1, 0.15) is 0 Å². The minimum absolute atomic E-state index is 0.103. The summed E-state index contributed by atoms with van der Waals surface area (Å²) < 4.78 is 10.8. The van der Waals surface area contributed by atoms with E-state index in [1.165, 1.54) is 0 Å². The molecule has 0 saturated heterocycles. The molecule has 1 aromatic rings. The van der Waals surface area contributed by atoms with Crippen LogP contribution < -0.4 is 20.9 Å². The smallest absolute Gasteiger partial charge is 0.186 e. The average Bonchev–Trinajstić information content (AvgIpc) is 2.23. The summed E-state index contributed by atoms with van der Waals surface area (Å²) in [6.07, 6.45) is -0.369. The van der Waals surface area contributed by atoms with Crippen molar-refractivity contribution in [1.82, 2.24) is 0 Å². The molecule has 0 fully saturated rings. The van der Waals surface area contributed by atoms with Gasteiger partial charge in [-0.1, -0.05) is 0 Å². The summed E-state index contributed by atoms with van der Waals surface area (Å²) >= 11 is 0. The van der Waals surface area contributed by atoms with Gasteiger partial charge in [0.15, 0.2) is 17.6 Å². The maximum Gasteiger partial charge on any atom is 0.186 e. The molecule has 1 heterocycles. The second-order valence-electron chi connectivity index (χ2n) is 3.14. The predicted molar refractivity (Wildman–Crippen MR) is 52.3 cm³/mol. The topological polar surface area (TPSA) is 90.7 Å². The van der Waals surface area contributed by atoms with Crippen LogP contribution in [-0.2, 0) is 0 Å². The molecule has 0 aromatic heterocycles. The number of benzene rings is 1. The number of rotatable bonds is 1. The molecule has 0 unspecified atom stereocenters. The summed E-state index contributed by atoms with van der Waals surface area (Å²) in [6.45, 7) is 0.185. The lowest BCUT2D eigenvalue weighted by Crippen LogP contribution is -2.32. The summed E-state index contributed by atoms with van der Waals surface area (Å²) in [5.41, 5.74) is 12.3. The third-order valence-electron chi connectivity index (χ3n) is 2.07. The standard InChI is InChI=1S/C9H12N2O3/c10-6-1-2-7(11)9-8(6)13-4-5(3-12)14-9/h1-2,5,12H,3-4,10-11H2/t5-/m1/s1. The monoisotopic (exact) mass is 196 g/mol. The molecule has 0 bridgehead atoms. The van der Waals surface area contributed by atoms with Crippen molar-refractivity contribution < 1.29 is 14.6 Å². The molecule has 5 heteroatoms. The molecule has 5 N–H and O–H groups in total. The molecule has 5 nitrogen and oxygen atoms in total. The highest BCUT2D eigenvalue weighted by Crippen LogP contribution is 2.41. The first-order valence-corrected chi connectivity index (χ1v) is 4.30. The number of ether oxygens (including phenoxy) is 2. The van der Waals surface area contributed by atoms with Gasteiger partial charge in [0.25, 0.3) is 0 Å². The van der Waals surface area contributed by atoms with E-state index in [9.17, 15) is 0 Å². The Labute approximate surface area is 81.2 Å². The molecule has 2 rings (SSSR count). The molecule has 0 radical (unpaired) electrons. The number of aliphatic hydroxyl groups excluding tert-OH is 1.